The number of aromatic amines is 1. The Hall–Kier alpha value is -2.00. The maximum atomic E-state index is 11.8. The first kappa shape index (κ1) is 16.8. The Morgan fingerprint density at radius 3 is 3.08 bits per heavy atom. The van der Waals surface area contributed by atoms with Crippen LogP contribution in [-0.4, -0.2) is 36.4 Å². The molecule has 24 heavy (non-hydrogen) atoms. The van der Waals surface area contributed by atoms with E-state index in [0.717, 1.165) is 0 Å². The quantitative estimate of drug-likeness (QED) is 0.494. The van der Waals surface area contributed by atoms with Gasteiger partial charge < -0.3 is 29.4 Å². The number of nitrogens with two attached hydrogens (primary N) is 1. The standard InChI is InChI=1S/C13H18N5O5P/c1-2-13(23-7-24(20,21)22)4-3-8(5-13)18-6-15-9-10(18)16-12(14)17-11(9)19/h3-4,6,8H,2,5,7H2,1H3,(H2,20,21,22)(H3,14,16,17,19)/p-1/t8-,13+/m0/s1. The minimum atomic E-state index is -4.51. The number of H-pyrrole nitrogens is 1. The van der Waals surface area contributed by atoms with E-state index in [9.17, 15) is 14.3 Å². The largest absolute Gasteiger partial charge is 0.777 e. The van der Waals surface area contributed by atoms with Crippen molar-refractivity contribution < 1.29 is 19.1 Å². The number of nitrogens with one attached hydrogen (secondary N) is 1. The van der Waals surface area contributed by atoms with Crippen LogP contribution >= 0.6 is 7.60 Å². The zero-order chi connectivity index (χ0) is 17.5. The highest BCUT2D eigenvalue weighted by Gasteiger charge is 2.36. The number of nitrogen functional groups attached to an aromatic ring is 1. The highest BCUT2D eigenvalue weighted by molar-refractivity contribution is 7.50. The van der Waals surface area contributed by atoms with E-state index in [-0.39, 0.29) is 17.5 Å². The molecular formula is C13H17N5O5P-. The lowest BCUT2D eigenvalue weighted by Crippen LogP contribution is -2.30. The van der Waals surface area contributed by atoms with E-state index in [1.54, 1.807) is 10.6 Å². The molecule has 3 atom stereocenters. The summed E-state index contributed by atoms with van der Waals surface area (Å²) in [6, 6.07) is -0.228. The summed E-state index contributed by atoms with van der Waals surface area (Å²) in [7, 11) is -4.51. The van der Waals surface area contributed by atoms with Crippen molar-refractivity contribution in [2.45, 2.75) is 31.4 Å². The van der Waals surface area contributed by atoms with Gasteiger partial charge in [-0.15, -0.1) is 0 Å². The summed E-state index contributed by atoms with van der Waals surface area (Å²) < 4.78 is 18.1. The number of ether oxygens (including phenoxy) is 1. The molecule has 0 fully saturated rings. The predicted octanol–water partition coefficient (Wildman–Crippen LogP) is -0.129. The lowest BCUT2D eigenvalue weighted by Gasteiger charge is -2.30. The maximum absolute atomic E-state index is 11.8. The second kappa shape index (κ2) is 5.82. The Balaban J connectivity index is 1.89. The van der Waals surface area contributed by atoms with Gasteiger partial charge in [0.05, 0.1) is 18.0 Å². The van der Waals surface area contributed by atoms with E-state index >= 15 is 0 Å². The van der Waals surface area contributed by atoms with Gasteiger partial charge in [-0.3, -0.25) is 9.78 Å². The Kier molecular flexibility index (Phi) is 4.08. The Morgan fingerprint density at radius 2 is 2.42 bits per heavy atom. The number of anilines is 1. The Morgan fingerprint density at radius 1 is 1.67 bits per heavy atom. The fourth-order valence-corrected chi connectivity index (χ4v) is 3.26. The van der Waals surface area contributed by atoms with Gasteiger partial charge in [0.25, 0.3) is 5.56 Å². The third-order valence-corrected chi connectivity index (χ3v) is 4.55. The summed E-state index contributed by atoms with van der Waals surface area (Å²) >= 11 is 0. The van der Waals surface area contributed by atoms with Gasteiger partial charge in [-0.25, -0.2) is 4.98 Å². The normalized spacial score (nSPS) is 26.0. The molecule has 0 aromatic carbocycles. The van der Waals surface area contributed by atoms with Crippen LogP contribution in [0.25, 0.3) is 11.2 Å². The fraction of sp³-hybridized carbons (Fsp3) is 0.462. The number of rotatable bonds is 5. The van der Waals surface area contributed by atoms with Crippen molar-refractivity contribution in [3.63, 3.8) is 0 Å². The fourth-order valence-electron chi connectivity index (χ4n) is 2.83. The van der Waals surface area contributed by atoms with E-state index in [1.807, 2.05) is 13.0 Å². The maximum Gasteiger partial charge on any atom is 0.280 e. The monoisotopic (exact) mass is 354 g/mol. The van der Waals surface area contributed by atoms with Gasteiger partial charge in [0.15, 0.2) is 18.8 Å². The molecule has 4 N–H and O–H groups in total. The number of allylic oxidation sites excluding steroid dienone is 1. The highest BCUT2D eigenvalue weighted by atomic mass is 31.2. The van der Waals surface area contributed by atoms with E-state index < -0.39 is 25.1 Å². The first-order chi connectivity index (χ1) is 11.2. The molecule has 1 aliphatic carbocycles. The Labute approximate surface area is 136 Å². The van der Waals surface area contributed by atoms with Crippen molar-refractivity contribution in [2.75, 3.05) is 12.1 Å². The second-order valence-electron chi connectivity index (χ2n) is 5.74. The number of aromatic nitrogens is 4. The van der Waals surface area contributed by atoms with Crippen molar-refractivity contribution in [2.24, 2.45) is 0 Å². The lowest BCUT2D eigenvalue weighted by molar-refractivity contribution is -0.201. The summed E-state index contributed by atoms with van der Waals surface area (Å²) in [6.07, 6.45) is 5.25. The summed E-state index contributed by atoms with van der Waals surface area (Å²) in [4.78, 5) is 42.3. The third-order valence-electron chi connectivity index (χ3n) is 4.10. The van der Waals surface area contributed by atoms with Gasteiger partial charge in [-0.2, -0.15) is 4.98 Å². The van der Waals surface area contributed by atoms with Crippen LogP contribution in [-0.2, 0) is 9.30 Å². The summed E-state index contributed by atoms with van der Waals surface area (Å²) in [5, 5.41) is 0. The molecule has 1 aliphatic rings. The first-order valence-corrected chi connectivity index (χ1v) is 9.08. The number of hydrogen-bond donors (Lipinski definition) is 3. The minimum Gasteiger partial charge on any atom is -0.777 e. The van der Waals surface area contributed by atoms with Crippen LogP contribution in [0.5, 0.6) is 0 Å². The average Bonchev–Trinajstić information content (AvgIpc) is 3.09. The van der Waals surface area contributed by atoms with Gasteiger partial charge in [0.2, 0.25) is 5.95 Å². The molecule has 1 unspecified atom stereocenters. The van der Waals surface area contributed by atoms with Crippen molar-refractivity contribution >= 4 is 24.7 Å². The molecular weight excluding hydrogens is 337 g/mol. The molecule has 3 rings (SSSR count). The molecule has 2 heterocycles. The molecule has 10 nitrogen and oxygen atoms in total. The van der Waals surface area contributed by atoms with Crippen molar-refractivity contribution in [3.05, 3.63) is 28.8 Å². The summed E-state index contributed by atoms with van der Waals surface area (Å²) in [5.41, 5.74) is 4.85. The molecule has 0 saturated heterocycles. The van der Waals surface area contributed by atoms with E-state index in [4.69, 9.17) is 15.4 Å². The third kappa shape index (κ3) is 3.13. The Bertz CT molecular complexity index is 900. The van der Waals surface area contributed by atoms with Crippen molar-refractivity contribution in [1.29, 1.82) is 0 Å². The van der Waals surface area contributed by atoms with Gasteiger partial charge in [-0.05, 0) is 6.42 Å². The van der Waals surface area contributed by atoms with E-state index in [1.165, 1.54) is 6.33 Å². The van der Waals surface area contributed by atoms with Crippen molar-refractivity contribution in [3.8, 4) is 0 Å². The van der Waals surface area contributed by atoms with Gasteiger partial charge in [0, 0.05) is 6.42 Å². The number of fused-ring (bicyclic) bond motifs is 1. The van der Waals surface area contributed by atoms with Crippen LogP contribution in [0, 0.1) is 0 Å². The summed E-state index contributed by atoms with van der Waals surface area (Å²) in [6.45, 7) is 1.85. The molecule has 0 amide bonds. The molecule has 130 valence electrons. The number of nitrogens with zero attached hydrogens (tertiary/aromatic N) is 3. The number of imidazole rings is 1. The van der Waals surface area contributed by atoms with Crippen molar-refractivity contribution in [1.82, 2.24) is 19.5 Å². The molecule has 11 heteroatoms. The van der Waals surface area contributed by atoms with Crippen LogP contribution in [0.3, 0.4) is 0 Å². The first-order valence-electron chi connectivity index (χ1n) is 7.31. The van der Waals surface area contributed by atoms with Gasteiger partial charge in [0.1, 0.15) is 6.35 Å². The van der Waals surface area contributed by atoms with Crippen LogP contribution in [0.2, 0.25) is 0 Å². The molecule has 2 aromatic rings. The van der Waals surface area contributed by atoms with Crippen LogP contribution in [0.4, 0.5) is 5.95 Å². The zero-order valence-corrected chi connectivity index (χ0v) is 13.8. The predicted molar refractivity (Wildman–Crippen MR) is 84.2 cm³/mol. The molecule has 0 aliphatic heterocycles. The van der Waals surface area contributed by atoms with E-state index in [0.29, 0.717) is 18.5 Å². The average molecular weight is 354 g/mol. The second-order valence-corrected chi connectivity index (χ2v) is 7.27. The van der Waals surface area contributed by atoms with Gasteiger partial charge in [-0.1, -0.05) is 19.1 Å². The molecule has 0 bridgehead atoms. The number of hydrogen-bond acceptors (Lipinski definition) is 7. The van der Waals surface area contributed by atoms with Crippen LogP contribution in [0.15, 0.2) is 23.3 Å². The molecule has 2 aromatic heterocycles. The molecule has 0 saturated carbocycles. The SMILES string of the molecule is CC[C@@]1(OCP(=O)([O-])O)C=C[C@H](n2cnc3c(=O)[nH]c(N)nc32)C1. The summed E-state index contributed by atoms with van der Waals surface area (Å²) in [5.74, 6) is -0.0122. The smallest absolute Gasteiger partial charge is 0.280 e. The lowest BCUT2D eigenvalue weighted by atomic mass is 9.99. The molecule has 0 spiro atoms. The topological polar surface area (TPSA) is 159 Å². The van der Waals surface area contributed by atoms with Crippen LogP contribution < -0.4 is 16.2 Å². The van der Waals surface area contributed by atoms with Gasteiger partial charge >= 0.3 is 0 Å². The zero-order valence-electron chi connectivity index (χ0n) is 12.9. The molecule has 0 radical (unpaired) electrons. The highest BCUT2D eigenvalue weighted by Crippen LogP contribution is 2.40. The minimum absolute atomic E-state index is 0.0122. The van der Waals surface area contributed by atoms with E-state index in [2.05, 4.69) is 15.0 Å². The van der Waals surface area contributed by atoms with Crippen LogP contribution in [0.1, 0.15) is 25.8 Å².